The molecule has 27 heavy (non-hydrogen) atoms. The number of carbonyl (C=O) groups is 1. The van der Waals surface area contributed by atoms with Gasteiger partial charge < -0.3 is 9.72 Å². The van der Waals surface area contributed by atoms with Gasteiger partial charge in [0.25, 0.3) is 11.5 Å². The van der Waals surface area contributed by atoms with E-state index in [9.17, 15) is 18.2 Å². The van der Waals surface area contributed by atoms with Crippen molar-refractivity contribution >= 4 is 28.5 Å². The van der Waals surface area contributed by atoms with Gasteiger partial charge in [-0.25, -0.2) is 8.60 Å². The molecule has 1 fully saturated rings. The van der Waals surface area contributed by atoms with Gasteiger partial charge in [0.2, 0.25) is 0 Å². The fourth-order valence-corrected chi connectivity index (χ4v) is 2.63. The smallest absolute Gasteiger partial charge is 0.266 e. The molecule has 9 heteroatoms. The first kappa shape index (κ1) is 21.1. The first-order valence-corrected chi connectivity index (χ1v) is 10.1. The minimum absolute atomic E-state index is 0.0619. The predicted octanol–water partition coefficient (Wildman–Crippen LogP) is 3.28. The van der Waals surface area contributed by atoms with Crippen molar-refractivity contribution in [2.45, 2.75) is 19.8 Å². The van der Waals surface area contributed by atoms with E-state index in [4.69, 9.17) is 16.3 Å². The molecule has 2 aromatic rings. The van der Waals surface area contributed by atoms with Gasteiger partial charge in [-0.15, -0.1) is 0 Å². The van der Waals surface area contributed by atoms with Crippen molar-refractivity contribution in [3.05, 3.63) is 51.2 Å². The summed E-state index contributed by atoms with van der Waals surface area (Å²) < 4.78 is 32.5. The number of amides is 1. The molecule has 1 aliphatic carbocycles. The quantitative estimate of drug-likeness (QED) is 0.803. The molecular formula is C18H20ClFN2O4S. The topological polar surface area (TPSA) is 88.3 Å². The van der Waals surface area contributed by atoms with E-state index in [-0.39, 0.29) is 16.3 Å². The van der Waals surface area contributed by atoms with Gasteiger partial charge in [-0.3, -0.25) is 14.3 Å². The zero-order chi connectivity index (χ0) is 20.1. The molecule has 6 nitrogen and oxygen atoms in total. The lowest BCUT2D eigenvalue weighted by atomic mass is 10.0. The van der Waals surface area contributed by atoms with Gasteiger partial charge in [-0.2, -0.15) is 0 Å². The Morgan fingerprint density at radius 3 is 2.48 bits per heavy atom. The van der Waals surface area contributed by atoms with E-state index >= 15 is 0 Å². The van der Waals surface area contributed by atoms with Crippen LogP contribution in [0.1, 0.15) is 30.1 Å². The molecule has 1 aromatic carbocycles. The third-order valence-corrected chi connectivity index (χ3v) is 4.56. The summed E-state index contributed by atoms with van der Waals surface area (Å²) in [6, 6.07) is 3.63. The molecule has 2 N–H and O–H groups in total. The van der Waals surface area contributed by atoms with Gasteiger partial charge in [-0.05, 0) is 24.1 Å². The Hall–Kier alpha value is -2.19. The maximum Gasteiger partial charge on any atom is 0.266 e. The van der Waals surface area contributed by atoms with E-state index in [1.54, 1.807) is 0 Å². The number of pyridine rings is 1. The summed E-state index contributed by atoms with van der Waals surface area (Å²) in [4.78, 5) is 25.5. The number of hydrogen-bond acceptors (Lipinski definition) is 4. The molecule has 1 aromatic heterocycles. The van der Waals surface area contributed by atoms with Crippen LogP contribution in [-0.2, 0) is 11.0 Å². The molecule has 1 amide bonds. The van der Waals surface area contributed by atoms with Gasteiger partial charge in [0.15, 0.2) is 0 Å². The molecule has 0 saturated heterocycles. The standard InChI is InChI=1S/C14H12ClFN2O4S.C4H8/c1-22-12-5-9(13(19)18-23(2)21)11(16)4-8(12)7-3-10(15)14(20)17-6-7;1-4-2-3-4/h3-6H,1-2H3,(H,17,20)(H,18,19);4H,2-3H2,1H3. The molecule has 1 unspecified atom stereocenters. The van der Waals surface area contributed by atoms with Crippen LogP contribution in [0, 0.1) is 11.7 Å². The van der Waals surface area contributed by atoms with Gasteiger partial charge in [0.05, 0.1) is 12.7 Å². The average molecular weight is 415 g/mol. The number of rotatable bonds is 4. The van der Waals surface area contributed by atoms with E-state index in [0.717, 1.165) is 12.0 Å². The van der Waals surface area contributed by atoms with Crippen molar-refractivity contribution in [3.8, 4) is 16.9 Å². The van der Waals surface area contributed by atoms with Gasteiger partial charge in [0, 0.05) is 23.6 Å². The first-order chi connectivity index (χ1) is 12.7. The average Bonchev–Trinajstić information content (AvgIpc) is 3.39. The summed E-state index contributed by atoms with van der Waals surface area (Å²) >= 11 is 5.76. The third-order valence-electron chi connectivity index (χ3n) is 3.81. The second-order valence-electron chi connectivity index (χ2n) is 6.17. The van der Waals surface area contributed by atoms with Crippen molar-refractivity contribution in [2.24, 2.45) is 5.92 Å². The Morgan fingerprint density at radius 2 is 2.00 bits per heavy atom. The molecule has 0 aliphatic heterocycles. The highest BCUT2D eigenvalue weighted by Crippen LogP contribution is 2.32. The number of hydrogen-bond donors (Lipinski definition) is 2. The van der Waals surface area contributed by atoms with Gasteiger partial charge in [-0.1, -0.05) is 31.4 Å². The Kier molecular flexibility index (Phi) is 7.15. The second-order valence-corrected chi connectivity index (χ2v) is 7.69. The molecular weight excluding hydrogens is 395 g/mol. The van der Waals surface area contributed by atoms with Crippen LogP contribution in [0.3, 0.4) is 0 Å². The summed E-state index contributed by atoms with van der Waals surface area (Å²) in [6.07, 6.45) is 5.58. The maximum atomic E-state index is 14.2. The van der Waals surface area contributed by atoms with Gasteiger partial charge in [0.1, 0.15) is 27.6 Å². The maximum absolute atomic E-state index is 14.2. The summed E-state index contributed by atoms with van der Waals surface area (Å²) in [5.41, 5.74) is -0.0682. The molecule has 1 heterocycles. The molecule has 0 bridgehead atoms. The fraction of sp³-hybridized carbons (Fsp3) is 0.333. The van der Waals surface area contributed by atoms with Crippen LogP contribution in [0.15, 0.2) is 29.2 Å². The molecule has 146 valence electrons. The highest BCUT2D eigenvalue weighted by molar-refractivity contribution is 7.82. The highest BCUT2D eigenvalue weighted by Gasteiger charge is 2.18. The SMILES string of the molecule is CC1CC1.COc1cc(C(=O)NS(C)=O)c(F)cc1-c1c[nH]c(=O)c(Cl)c1. The zero-order valence-corrected chi connectivity index (χ0v) is 16.7. The van der Waals surface area contributed by atoms with E-state index in [1.165, 1.54) is 44.5 Å². The fourth-order valence-electron chi connectivity index (χ4n) is 2.09. The van der Waals surface area contributed by atoms with Crippen molar-refractivity contribution in [3.63, 3.8) is 0 Å². The molecule has 1 saturated carbocycles. The number of benzene rings is 1. The summed E-state index contributed by atoms with van der Waals surface area (Å²) in [7, 11) is -0.273. The van der Waals surface area contributed by atoms with Crippen molar-refractivity contribution < 1.29 is 18.1 Å². The summed E-state index contributed by atoms with van der Waals surface area (Å²) in [6.45, 7) is 2.28. The minimum Gasteiger partial charge on any atom is -0.496 e. The third kappa shape index (κ3) is 5.90. The van der Waals surface area contributed by atoms with E-state index < -0.39 is 28.3 Å². The lowest BCUT2D eigenvalue weighted by molar-refractivity contribution is 0.0979. The Labute approximate surface area is 163 Å². The predicted molar refractivity (Wildman–Crippen MR) is 104 cm³/mol. The van der Waals surface area contributed by atoms with Crippen LogP contribution < -0.4 is 15.0 Å². The molecule has 1 atom stereocenters. The molecule has 1 aliphatic rings. The number of ether oxygens (including phenoxy) is 1. The van der Waals surface area contributed by atoms with Crippen LogP contribution in [-0.4, -0.2) is 28.5 Å². The van der Waals surface area contributed by atoms with Gasteiger partial charge >= 0.3 is 0 Å². The van der Waals surface area contributed by atoms with E-state index in [2.05, 4.69) is 16.6 Å². The van der Waals surface area contributed by atoms with Crippen LogP contribution in [0.5, 0.6) is 5.75 Å². The van der Waals surface area contributed by atoms with Crippen LogP contribution >= 0.6 is 11.6 Å². The Morgan fingerprint density at radius 1 is 1.37 bits per heavy atom. The molecule has 3 rings (SSSR count). The lowest BCUT2D eigenvalue weighted by Gasteiger charge is -2.12. The number of methoxy groups -OCH3 is 1. The number of H-pyrrole nitrogens is 1. The summed E-state index contributed by atoms with van der Waals surface area (Å²) in [5, 5.41) is -0.0619. The monoisotopic (exact) mass is 414 g/mol. The van der Waals surface area contributed by atoms with E-state index in [1.807, 2.05) is 0 Å². The van der Waals surface area contributed by atoms with Crippen LogP contribution in [0.25, 0.3) is 11.1 Å². The van der Waals surface area contributed by atoms with Crippen molar-refractivity contribution in [1.29, 1.82) is 0 Å². The Bertz CT molecular complexity index is 928. The van der Waals surface area contributed by atoms with Crippen LogP contribution in [0.2, 0.25) is 5.02 Å². The van der Waals surface area contributed by atoms with Crippen molar-refractivity contribution in [1.82, 2.24) is 9.71 Å². The molecule has 0 spiro atoms. The highest BCUT2D eigenvalue weighted by atomic mass is 35.5. The normalized spacial score (nSPS) is 14.0. The van der Waals surface area contributed by atoms with E-state index in [0.29, 0.717) is 11.1 Å². The first-order valence-electron chi connectivity index (χ1n) is 8.13. The largest absolute Gasteiger partial charge is 0.496 e. The van der Waals surface area contributed by atoms with Crippen LogP contribution in [0.4, 0.5) is 4.39 Å². The van der Waals surface area contributed by atoms with Crippen molar-refractivity contribution in [2.75, 3.05) is 13.4 Å². The lowest BCUT2D eigenvalue weighted by Crippen LogP contribution is -2.25. The number of nitrogens with one attached hydrogen (secondary N) is 2. The number of halogens is 2. The Balaban J connectivity index is 0.000000576. The zero-order valence-electron chi connectivity index (χ0n) is 15.1. The summed E-state index contributed by atoms with van der Waals surface area (Å²) in [5.74, 6) is -0.375. The number of carbonyl (C=O) groups excluding carboxylic acids is 1. The number of aromatic nitrogens is 1. The number of aromatic amines is 1. The second kappa shape index (κ2) is 9.14. The minimum atomic E-state index is -1.62. The molecule has 0 radical (unpaired) electrons.